The van der Waals surface area contributed by atoms with Crippen molar-refractivity contribution in [3.05, 3.63) is 23.5 Å². The number of hydrogen-bond acceptors (Lipinski definition) is 3. The molecule has 0 fully saturated rings. The van der Waals surface area contributed by atoms with Gasteiger partial charge in [-0.2, -0.15) is 4.39 Å². The van der Waals surface area contributed by atoms with Crippen molar-refractivity contribution in [2.24, 2.45) is 5.73 Å². The third-order valence-corrected chi connectivity index (χ3v) is 2.20. The molecule has 1 unspecified atom stereocenters. The number of benzene rings is 1. The van der Waals surface area contributed by atoms with E-state index in [1.54, 1.807) is 6.07 Å². The molecule has 0 amide bonds. The van der Waals surface area contributed by atoms with Gasteiger partial charge in [-0.3, -0.25) is 0 Å². The van der Waals surface area contributed by atoms with Crippen LogP contribution in [0, 0.1) is 5.82 Å². The number of nitrogens with two attached hydrogens (primary N) is 1. The summed E-state index contributed by atoms with van der Waals surface area (Å²) >= 11 is 0. The van der Waals surface area contributed by atoms with Crippen molar-refractivity contribution in [3.63, 3.8) is 0 Å². The van der Waals surface area contributed by atoms with E-state index in [9.17, 15) is 4.39 Å². The minimum atomic E-state index is -0.731. The van der Waals surface area contributed by atoms with E-state index in [-0.39, 0.29) is 11.7 Å². The number of rotatable bonds is 3. The third-order valence-electron chi connectivity index (χ3n) is 2.20. The molecule has 0 radical (unpaired) electrons. The molecule has 0 spiro atoms. The van der Waals surface area contributed by atoms with E-state index >= 15 is 0 Å². The van der Waals surface area contributed by atoms with Crippen LogP contribution in [0.4, 0.5) is 4.39 Å². The zero-order chi connectivity index (χ0) is 10.7. The second-order valence-corrected chi connectivity index (χ2v) is 3.16. The minimum Gasteiger partial charge on any atom is -0.505 e. The second-order valence-electron chi connectivity index (χ2n) is 3.16. The van der Waals surface area contributed by atoms with E-state index in [1.165, 1.54) is 13.2 Å². The highest BCUT2D eigenvalue weighted by Gasteiger charge is 2.16. The Morgan fingerprint density at radius 3 is 2.71 bits per heavy atom. The van der Waals surface area contributed by atoms with E-state index in [1.807, 2.05) is 6.92 Å². The van der Waals surface area contributed by atoms with Gasteiger partial charge >= 0.3 is 0 Å². The van der Waals surface area contributed by atoms with Gasteiger partial charge in [-0.05, 0) is 18.5 Å². The van der Waals surface area contributed by atoms with Crippen LogP contribution >= 0.6 is 0 Å². The first-order valence-corrected chi connectivity index (χ1v) is 4.37. The fourth-order valence-electron chi connectivity index (χ4n) is 1.28. The van der Waals surface area contributed by atoms with Crippen molar-refractivity contribution in [2.75, 3.05) is 13.7 Å². The lowest BCUT2D eigenvalue weighted by molar-refractivity contribution is 0.358. The fraction of sp³-hybridized carbons (Fsp3) is 0.400. The number of halogens is 1. The molecule has 1 atom stereocenters. The molecule has 1 rings (SSSR count). The SMILES string of the molecule is COc1c(C(C)CN)ccc(O)c1F. The topological polar surface area (TPSA) is 55.5 Å². The predicted octanol–water partition coefficient (Wildman–Crippen LogP) is 1.60. The number of ether oxygens (including phenoxy) is 1. The Labute approximate surface area is 82.3 Å². The number of aromatic hydroxyl groups is 1. The van der Waals surface area contributed by atoms with Gasteiger partial charge in [-0.25, -0.2) is 0 Å². The summed E-state index contributed by atoms with van der Waals surface area (Å²) in [5.74, 6) is -1.07. The van der Waals surface area contributed by atoms with Gasteiger partial charge in [0.15, 0.2) is 11.5 Å². The summed E-state index contributed by atoms with van der Waals surface area (Å²) < 4.78 is 18.2. The minimum absolute atomic E-state index is 0.0000463. The smallest absolute Gasteiger partial charge is 0.206 e. The molecule has 0 aliphatic rings. The average molecular weight is 199 g/mol. The van der Waals surface area contributed by atoms with Gasteiger partial charge in [0, 0.05) is 5.56 Å². The zero-order valence-corrected chi connectivity index (χ0v) is 8.25. The van der Waals surface area contributed by atoms with Crippen LogP contribution in [0.1, 0.15) is 18.4 Å². The molecule has 3 nitrogen and oxygen atoms in total. The molecular weight excluding hydrogens is 185 g/mol. The van der Waals surface area contributed by atoms with Crippen molar-refractivity contribution >= 4 is 0 Å². The lowest BCUT2D eigenvalue weighted by atomic mass is 10.00. The molecule has 1 aromatic carbocycles. The maximum atomic E-state index is 13.3. The van der Waals surface area contributed by atoms with Crippen LogP contribution in [0.25, 0.3) is 0 Å². The first kappa shape index (κ1) is 10.8. The highest BCUT2D eigenvalue weighted by molar-refractivity contribution is 5.43. The van der Waals surface area contributed by atoms with Crippen molar-refractivity contribution in [2.45, 2.75) is 12.8 Å². The first-order chi connectivity index (χ1) is 6.61. The van der Waals surface area contributed by atoms with Crippen molar-refractivity contribution in [1.29, 1.82) is 0 Å². The lowest BCUT2D eigenvalue weighted by Crippen LogP contribution is -2.10. The largest absolute Gasteiger partial charge is 0.505 e. The van der Waals surface area contributed by atoms with Crippen LogP contribution in [0.15, 0.2) is 12.1 Å². The molecule has 0 aromatic heterocycles. The standard InChI is InChI=1S/C10H14FNO2/c1-6(5-12)7-3-4-8(13)9(11)10(7)14-2/h3-4,6,13H,5,12H2,1-2H3. The Bertz CT molecular complexity index is 328. The lowest BCUT2D eigenvalue weighted by Gasteiger charge is -2.14. The Hall–Kier alpha value is -1.29. The summed E-state index contributed by atoms with van der Waals surface area (Å²) in [6.45, 7) is 2.27. The molecule has 3 N–H and O–H groups in total. The molecule has 14 heavy (non-hydrogen) atoms. The summed E-state index contributed by atoms with van der Waals surface area (Å²) in [5, 5.41) is 9.12. The Morgan fingerprint density at radius 2 is 2.21 bits per heavy atom. The van der Waals surface area contributed by atoms with Crippen LogP contribution in [-0.2, 0) is 0 Å². The van der Waals surface area contributed by atoms with Gasteiger partial charge in [-0.1, -0.05) is 13.0 Å². The number of phenols is 1. The summed E-state index contributed by atoms with van der Waals surface area (Å²) in [5.41, 5.74) is 6.15. The highest BCUT2D eigenvalue weighted by atomic mass is 19.1. The van der Waals surface area contributed by atoms with E-state index in [2.05, 4.69) is 0 Å². The van der Waals surface area contributed by atoms with Crippen molar-refractivity contribution < 1.29 is 14.2 Å². The number of phenolic OH excluding ortho intramolecular Hbond substituents is 1. The van der Waals surface area contributed by atoms with Crippen LogP contribution in [-0.4, -0.2) is 18.8 Å². The quantitative estimate of drug-likeness (QED) is 0.777. The van der Waals surface area contributed by atoms with Crippen molar-refractivity contribution in [3.8, 4) is 11.5 Å². The number of hydrogen-bond donors (Lipinski definition) is 2. The van der Waals surface area contributed by atoms with Crippen LogP contribution in [0.2, 0.25) is 0 Å². The summed E-state index contributed by atoms with van der Waals surface area (Å²) in [7, 11) is 1.37. The van der Waals surface area contributed by atoms with Gasteiger partial charge in [0.25, 0.3) is 0 Å². The third kappa shape index (κ3) is 1.80. The molecule has 4 heteroatoms. The first-order valence-electron chi connectivity index (χ1n) is 4.37. The average Bonchev–Trinajstić information content (AvgIpc) is 2.20. The summed E-state index contributed by atoms with van der Waals surface area (Å²) in [6, 6.07) is 2.92. The molecule has 1 aromatic rings. The van der Waals surface area contributed by atoms with Gasteiger partial charge < -0.3 is 15.6 Å². The van der Waals surface area contributed by atoms with Gasteiger partial charge in [0.2, 0.25) is 5.82 Å². The highest BCUT2D eigenvalue weighted by Crippen LogP contribution is 2.33. The monoisotopic (exact) mass is 199 g/mol. The second kappa shape index (κ2) is 4.28. The molecule has 0 saturated carbocycles. The molecule has 0 heterocycles. The Morgan fingerprint density at radius 1 is 1.57 bits per heavy atom. The molecule has 0 bridgehead atoms. The van der Waals surface area contributed by atoms with Gasteiger partial charge in [0.05, 0.1) is 7.11 Å². The van der Waals surface area contributed by atoms with E-state index in [4.69, 9.17) is 15.6 Å². The van der Waals surface area contributed by atoms with E-state index in [0.29, 0.717) is 12.1 Å². The van der Waals surface area contributed by atoms with E-state index in [0.717, 1.165) is 0 Å². The van der Waals surface area contributed by atoms with E-state index < -0.39 is 11.6 Å². The normalized spacial score (nSPS) is 12.6. The molecule has 0 aliphatic carbocycles. The fourth-order valence-corrected chi connectivity index (χ4v) is 1.28. The van der Waals surface area contributed by atoms with Crippen molar-refractivity contribution in [1.82, 2.24) is 0 Å². The maximum Gasteiger partial charge on any atom is 0.206 e. The Balaban J connectivity index is 3.23. The van der Waals surface area contributed by atoms with Crippen LogP contribution in [0.5, 0.6) is 11.5 Å². The zero-order valence-electron chi connectivity index (χ0n) is 8.25. The summed E-state index contributed by atoms with van der Waals surface area (Å²) in [4.78, 5) is 0. The molecule has 0 saturated heterocycles. The van der Waals surface area contributed by atoms with Gasteiger partial charge in [-0.15, -0.1) is 0 Å². The van der Waals surface area contributed by atoms with Crippen LogP contribution < -0.4 is 10.5 Å². The molecular formula is C10H14FNO2. The van der Waals surface area contributed by atoms with Gasteiger partial charge in [0.1, 0.15) is 0 Å². The number of methoxy groups -OCH3 is 1. The predicted molar refractivity (Wildman–Crippen MR) is 52.1 cm³/mol. The molecule has 78 valence electrons. The summed E-state index contributed by atoms with van der Waals surface area (Å²) in [6.07, 6.45) is 0. The Kier molecular flexibility index (Phi) is 3.30. The maximum absolute atomic E-state index is 13.3. The molecule has 0 aliphatic heterocycles. The van der Waals surface area contributed by atoms with Crippen LogP contribution in [0.3, 0.4) is 0 Å².